The molecule has 186 valence electrons. The minimum atomic E-state index is -0.686. The highest BCUT2D eigenvalue weighted by Gasteiger charge is 2.33. The smallest absolute Gasteiger partial charge is 0.338 e. The summed E-state index contributed by atoms with van der Waals surface area (Å²) in [5.74, 6) is -0.624. The van der Waals surface area contributed by atoms with E-state index in [0.29, 0.717) is 31.9 Å². The third-order valence-corrected chi connectivity index (χ3v) is 6.96. The van der Waals surface area contributed by atoms with Crippen LogP contribution in [0.5, 0.6) is 5.75 Å². The van der Waals surface area contributed by atoms with E-state index in [9.17, 15) is 14.4 Å². The van der Waals surface area contributed by atoms with E-state index < -0.39 is 18.0 Å². The van der Waals surface area contributed by atoms with Crippen LogP contribution >= 0.6 is 11.3 Å². The van der Waals surface area contributed by atoms with E-state index in [-0.39, 0.29) is 11.0 Å². The first kappa shape index (κ1) is 25.3. The third-order valence-electron chi connectivity index (χ3n) is 5.98. The summed E-state index contributed by atoms with van der Waals surface area (Å²) >= 11 is 1.22. The number of rotatable bonds is 4. The van der Waals surface area contributed by atoms with E-state index in [2.05, 4.69) is 25.8 Å². The number of hydrogen-bond donors (Lipinski definition) is 0. The maximum atomic E-state index is 13.7. The Morgan fingerprint density at radius 3 is 2.36 bits per heavy atom. The van der Waals surface area contributed by atoms with Crippen LogP contribution < -0.4 is 19.6 Å². The van der Waals surface area contributed by atoms with Crippen molar-refractivity contribution in [1.29, 1.82) is 0 Å². The Morgan fingerprint density at radius 2 is 1.75 bits per heavy atom. The molecule has 8 heteroatoms. The van der Waals surface area contributed by atoms with Crippen molar-refractivity contribution in [3.8, 4) is 5.75 Å². The van der Waals surface area contributed by atoms with E-state index >= 15 is 0 Å². The van der Waals surface area contributed by atoms with Gasteiger partial charge >= 0.3 is 11.9 Å². The number of ether oxygens (including phenoxy) is 2. The molecular weight excluding hydrogens is 476 g/mol. The normalized spacial score (nSPS) is 15.8. The molecule has 0 N–H and O–H groups in total. The minimum absolute atomic E-state index is 0.0425. The summed E-state index contributed by atoms with van der Waals surface area (Å²) in [5.41, 5.74) is 2.99. The standard InChI is InChI=1S/C28H28N2O5S/c1-16-23(26(33)34-6)24(18-11-13-20(14-12-18)28(3,4)5)30-25(32)22(36-27(30)29-16)15-19-9-7-8-10-21(19)35-17(2)31/h7-15,24H,1-6H3. The van der Waals surface area contributed by atoms with E-state index in [4.69, 9.17) is 9.47 Å². The zero-order chi connectivity index (χ0) is 26.2. The molecule has 1 atom stereocenters. The Morgan fingerprint density at radius 1 is 1.08 bits per heavy atom. The van der Waals surface area contributed by atoms with Gasteiger partial charge in [-0.3, -0.25) is 14.2 Å². The lowest BCUT2D eigenvalue weighted by Gasteiger charge is -2.25. The van der Waals surface area contributed by atoms with Gasteiger partial charge in [0.25, 0.3) is 5.56 Å². The lowest BCUT2D eigenvalue weighted by molar-refractivity contribution is -0.136. The number of nitrogens with zero attached hydrogens (tertiary/aromatic N) is 2. The van der Waals surface area contributed by atoms with Gasteiger partial charge in [0.05, 0.1) is 29.0 Å². The fraction of sp³-hybridized carbons (Fsp3) is 0.286. The van der Waals surface area contributed by atoms with E-state index in [1.54, 1.807) is 37.3 Å². The molecule has 0 fully saturated rings. The van der Waals surface area contributed by atoms with Gasteiger partial charge in [0, 0.05) is 12.5 Å². The lowest BCUT2D eigenvalue weighted by atomic mass is 9.85. The molecule has 2 heterocycles. The van der Waals surface area contributed by atoms with Gasteiger partial charge in [-0.15, -0.1) is 0 Å². The Hall–Kier alpha value is -3.78. The third kappa shape index (κ3) is 4.81. The minimum Gasteiger partial charge on any atom is -0.466 e. The highest BCUT2D eigenvalue weighted by Crippen LogP contribution is 2.32. The molecule has 0 saturated carbocycles. The molecule has 0 saturated heterocycles. The van der Waals surface area contributed by atoms with Crippen molar-refractivity contribution < 1.29 is 19.1 Å². The summed E-state index contributed by atoms with van der Waals surface area (Å²) < 4.78 is 12.3. The molecule has 36 heavy (non-hydrogen) atoms. The van der Waals surface area contributed by atoms with Gasteiger partial charge in [-0.05, 0) is 35.6 Å². The van der Waals surface area contributed by atoms with E-state index in [0.717, 1.165) is 11.1 Å². The molecule has 2 aromatic carbocycles. The number of fused-ring (bicyclic) bond motifs is 1. The number of carbonyl (C=O) groups excluding carboxylic acids is 2. The summed E-state index contributed by atoms with van der Waals surface area (Å²) in [4.78, 5) is 43.2. The van der Waals surface area contributed by atoms with Crippen molar-refractivity contribution in [3.63, 3.8) is 0 Å². The average molecular weight is 505 g/mol. The Labute approximate surface area is 213 Å². The zero-order valence-electron chi connectivity index (χ0n) is 21.1. The quantitative estimate of drug-likeness (QED) is 0.400. The first-order valence-corrected chi connectivity index (χ1v) is 12.3. The lowest BCUT2D eigenvalue weighted by Crippen LogP contribution is -2.39. The Balaban J connectivity index is 1.93. The van der Waals surface area contributed by atoms with Crippen molar-refractivity contribution in [3.05, 3.63) is 96.2 Å². The summed E-state index contributed by atoms with van der Waals surface area (Å²) in [6, 6.07) is 14.2. The van der Waals surface area contributed by atoms with Gasteiger partial charge in [-0.2, -0.15) is 0 Å². The molecule has 3 aromatic rings. The highest BCUT2D eigenvalue weighted by atomic mass is 32.1. The Kier molecular flexibility index (Phi) is 6.82. The van der Waals surface area contributed by atoms with Crippen LogP contribution in [0.2, 0.25) is 0 Å². The van der Waals surface area contributed by atoms with Gasteiger partial charge in [0.2, 0.25) is 0 Å². The van der Waals surface area contributed by atoms with Crippen molar-refractivity contribution in [2.45, 2.75) is 46.1 Å². The van der Waals surface area contributed by atoms with Crippen LogP contribution in [-0.2, 0) is 19.7 Å². The number of allylic oxidation sites excluding steroid dienone is 1. The van der Waals surface area contributed by atoms with Crippen LogP contribution in [0.25, 0.3) is 6.08 Å². The molecule has 0 radical (unpaired) electrons. The first-order chi connectivity index (χ1) is 17.0. The second-order valence-corrected chi connectivity index (χ2v) is 10.6. The van der Waals surface area contributed by atoms with Crippen LogP contribution in [0.3, 0.4) is 0 Å². The molecule has 1 aliphatic heterocycles. The van der Waals surface area contributed by atoms with Gasteiger partial charge in [-0.1, -0.05) is 74.6 Å². The summed E-state index contributed by atoms with van der Waals surface area (Å²) in [6.45, 7) is 9.45. The van der Waals surface area contributed by atoms with E-state index in [1.807, 2.05) is 24.3 Å². The molecule has 1 unspecified atom stereocenters. The number of aromatic nitrogens is 1. The van der Waals surface area contributed by atoms with Gasteiger partial charge in [0.1, 0.15) is 5.75 Å². The maximum Gasteiger partial charge on any atom is 0.338 e. The number of thiazole rings is 1. The predicted octanol–water partition coefficient (Wildman–Crippen LogP) is 3.63. The second kappa shape index (κ2) is 9.70. The SMILES string of the molecule is COC(=O)C1=C(C)N=c2sc(=Cc3ccccc3OC(C)=O)c(=O)n2C1c1ccc(C(C)(C)C)cc1. The van der Waals surface area contributed by atoms with Crippen LogP contribution in [0, 0.1) is 0 Å². The predicted molar refractivity (Wildman–Crippen MR) is 139 cm³/mol. The average Bonchev–Trinajstić information content (AvgIpc) is 3.12. The van der Waals surface area contributed by atoms with Crippen molar-refractivity contribution in [2.24, 2.45) is 4.99 Å². The molecule has 1 aliphatic rings. The maximum absolute atomic E-state index is 13.7. The molecule has 1 aromatic heterocycles. The monoisotopic (exact) mass is 504 g/mol. The van der Waals surface area contributed by atoms with Crippen LogP contribution in [0.4, 0.5) is 0 Å². The molecule has 0 amide bonds. The fourth-order valence-electron chi connectivity index (χ4n) is 4.16. The van der Waals surface area contributed by atoms with E-state index in [1.165, 1.54) is 29.9 Å². The van der Waals surface area contributed by atoms with Gasteiger partial charge in [0.15, 0.2) is 4.80 Å². The first-order valence-electron chi connectivity index (χ1n) is 11.5. The molecule has 0 aliphatic carbocycles. The van der Waals surface area contributed by atoms with Crippen molar-refractivity contribution in [2.75, 3.05) is 7.11 Å². The van der Waals surface area contributed by atoms with Gasteiger partial charge < -0.3 is 9.47 Å². The molecule has 4 rings (SSSR count). The van der Waals surface area contributed by atoms with Crippen LogP contribution in [-0.4, -0.2) is 23.6 Å². The second-order valence-electron chi connectivity index (χ2n) is 9.58. The number of benzene rings is 2. The topological polar surface area (TPSA) is 87.0 Å². The molecular formula is C28H28N2O5S. The van der Waals surface area contributed by atoms with Crippen molar-refractivity contribution in [1.82, 2.24) is 4.57 Å². The molecule has 0 bridgehead atoms. The largest absolute Gasteiger partial charge is 0.466 e. The number of para-hydroxylation sites is 1. The fourth-order valence-corrected chi connectivity index (χ4v) is 5.20. The van der Waals surface area contributed by atoms with Crippen molar-refractivity contribution >= 4 is 29.4 Å². The van der Waals surface area contributed by atoms with Crippen LogP contribution in [0.15, 0.2) is 69.6 Å². The zero-order valence-corrected chi connectivity index (χ0v) is 21.9. The number of hydrogen-bond acceptors (Lipinski definition) is 7. The Bertz CT molecular complexity index is 1550. The highest BCUT2D eigenvalue weighted by molar-refractivity contribution is 7.07. The number of methoxy groups -OCH3 is 1. The number of carbonyl (C=O) groups is 2. The number of esters is 2. The summed E-state index contributed by atoms with van der Waals surface area (Å²) in [5, 5.41) is 0. The van der Waals surface area contributed by atoms with Gasteiger partial charge in [-0.25, -0.2) is 9.79 Å². The summed E-state index contributed by atoms with van der Waals surface area (Å²) in [7, 11) is 1.32. The molecule has 0 spiro atoms. The summed E-state index contributed by atoms with van der Waals surface area (Å²) in [6.07, 6.45) is 1.68. The molecule has 7 nitrogen and oxygen atoms in total. The van der Waals surface area contributed by atoms with Crippen LogP contribution in [0.1, 0.15) is 57.4 Å².